The Kier molecular flexibility index (Phi) is 7.86. The molecular weight excluding hydrogens is 155 g/mol. The molecule has 0 atom stereocenters. The number of ether oxygens (including phenoxy) is 1. The molecule has 9 heavy (non-hydrogen) atoms. The molecule has 0 heterocycles. The second kappa shape index (κ2) is 5.64. The van der Waals surface area contributed by atoms with E-state index in [0.717, 1.165) is 0 Å². The zero-order valence-electron chi connectivity index (χ0n) is 4.49. The molecule has 0 amide bonds. The Morgan fingerprint density at radius 3 is 2.11 bits per heavy atom. The van der Waals surface area contributed by atoms with E-state index in [4.69, 9.17) is 4.55 Å². The molecule has 0 saturated carbocycles. The fourth-order valence-corrected chi connectivity index (χ4v) is 0.566. The topological polar surface area (TPSA) is 63.6 Å². The third kappa shape index (κ3) is 12.1. The van der Waals surface area contributed by atoms with Crippen LogP contribution in [-0.2, 0) is 14.9 Å². The summed E-state index contributed by atoms with van der Waals surface area (Å²) < 4.78 is 32.2. The van der Waals surface area contributed by atoms with Crippen LogP contribution in [0.4, 0.5) is 0 Å². The van der Waals surface area contributed by atoms with Crippen LogP contribution < -0.4 is 0 Å². The van der Waals surface area contributed by atoms with Crippen molar-refractivity contribution in [3.05, 3.63) is 0 Å². The van der Waals surface area contributed by atoms with Crippen LogP contribution in [0.3, 0.4) is 0 Å². The van der Waals surface area contributed by atoms with Gasteiger partial charge in [0.2, 0.25) is 0 Å². The number of methoxy groups -OCH3 is 1. The summed E-state index contributed by atoms with van der Waals surface area (Å²) in [5.41, 5.74) is 0. The first-order chi connectivity index (χ1) is 3.56. The Balaban J connectivity index is 0. The molecule has 0 radical (unpaired) electrons. The average Bonchev–Trinajstić information content (AvgIpc) is 1.59. The minimum absolute atomic E-state index is 0. The van der Waals surface area contributed by atoms with Crippen molar-refractivity contribution >= 4 is 39.7 Å². The summed E-state index contributed by atoms with van der Waals surface area (Å²) >= 11 is 0. The van der Waals surface area contributed by atoms with Crippen molar-refractivity contribution in [1.29, 1.82) is 0 Å². The Morgan fingerprint density at radius 1 is 1.56 bits per heavy atom. The molecule has 52 valence electrons. The Bertz CT molecular complexity index is 140. The SMILES string of the molecule is COCCS(=O)(=O)O.[NaH]. The molecule has 0 spiro atoms. The summed E-state index contributed by atoms with van der Waals surface area (Å²) in [4.78, 5) is 0. The fourth-order valence-electron chi connectivity index (χ4n) is 0.189. The second-order valence-electron chi connectivity index (χ2n) is 1.28. The van der Waals surface area contributed by atoms with Crippen LogP contribution in [0.15, 0.2) is 0 Å². The first-order valence-corrected chi connectivity index (χ1v) is 3.61. The predicted octanol–water partition coefficient (Wildman–Crippen LogP) is -1.13. The van der Waals surface area contributed by atoms with E-state index in [0.29, 0.717) is 0 Å². The van der Waals surface area contributed by atoms with Gasteiger partial charge in [0, 0.05) is 7.11 Å². The maximum atomic E-state index is 9.87. The predicted molar refractivity (Wildman–Crippen MR) is 35.4 cm³/mol. The Hall–Kier alpha value is 0.870. The van der Waals surface area contributed by atoms with E-state index < -0.39 is 10.1 Å². The third-order valence-electron chi connectivity index (χ3n) is 0.545. The molecule has 0 aliphatic carbocycles. The van der Waals surface area contributed by atoms with Gasteiger partial charge in [0.05, 0.1) is 12.4 Å². The molecule has 0 aliphatic rings. The van der Waals surface area contributed by atoms with Crippen molar-refractivity contribution in [2.45, 2.75) is 0 Å². The van der Waals surface area contributed by atoms with Crippen LogP contribution in [0.1, 0.15) is 0 Å². The standard InChI is InChI=1S/C3H8O4S.Na.H/c1-7-2-3-8(4,5)6;;/h2-3H2,1H3,(H,4,5,6);;. The van der Waals surface area contributed by atoms with Crippen molar-refractivity contribution in [3.63, 3.8) is 0 Å². The molecule has 0 aliphatic heterocycles. The third-order valence-corrected chi connectivity index (χ3v) is 1.23. The number of hydrogen-bond donors (Lipinski definition) is 1. The van der Waals surface area contributed by atoms with Crippen molar-refractivity contribution in [2.75, 3.05) is 19.5 Å². The van der Waals surface area contributed by atoms with Gasteiger partial charge in [0.15, 0.2) is 0 Å². The summed E-state index contributed by atoms with van der Waals surface area (Å²) in [7, 11) is -2.45. The number of hydrogen-bond acceptors (Lipinski definition) is 3. The Morgan fingerprint density at radius 2 is 2.00 bits per heavy atom. The van der Waals surface area contributed by atoms with Gasteiger partial charge in [-0.25, -0.2) is 0 Å². The van der Waals surface area contributed by atoms with Crippen molar-refractivity contribution in [2.24, 2.45) is 0 Å². The van der Waals surface area contributed by atoms with Crippen LogP contribution in [0.25, 0.3) is 0 Å². The zero-order chi connectivity index (χ0) is 6.62. The van der Waals surface area contributed by atoms with E-state index >= 15 is 0 Å². The van der Waals surface area contributed by atoms with E-state index in [1.165, 1.54) is 7.11 Å². The van der Waals surface area contributed by atoms with Crippen molar-refractivity contribution in [3.8, 4) is 0 Å². The van der Waals surface area contributed by atoms with Crippen molar-refractivity contribution < 1.29 is 17.7 Å². The molecule has 0 aromatic rings. The van der Waals surface area contributed by atoms with Gasteiger partial charge in [-0.15, -0.1) is 0 Å². The van der Waals surface area contributed by atoms with E-state index in [9.17, 15) is 8.42 Å². The molecule has 0 aromatic carbocycles. The monoisotopic (exact) mass is 164 g/mol. The Labute approximate surface area is 76.6 Å². The molecule has 4 nitrogen and oxygen atoms in total. The van der Waals surface area contributed by atoms with E-state index in [2.05, 4.69) is 4.74 Å². The van der Waals surface area contributed by atoms with Crippen LogP contribution in [0, 0.1) is 0 Å². The van der Waals surface area contributed by atoms with Crippen LogP contribution >= 0.6 is 0 Å². The number of rotatable bonds is 3. The van der Waals surface area contributed by atoms with Gasteiger partial charge in [-0.2, -0.15) is 8.42 Å². The van der Waals surface area contributed by atoms with Gasteiger partial charge in [-0.1, -0.05) is 0 Å². The van der Waals surface area contributed by atoms with Crippen LogP contribution in [-0.4, -0.2) is 62.0 Å². The molecule has 6 heteroatoms. The van der Waals surface area contributed by atoms with Crippen LogP contribution in [0.2, 0.25) is 0 Å². The van der Waals surface area contributed by atoms with Gasteiger partial charge in [0.25, 0.3) is 10.1 Å². The maximum absolute atomic E-state index is 9.87. The average molecular weight is 164 g/mol. The quantitative estimate of drug-likeness (QED) is 0.423. The minimum atomic E-state index is -3.81. The normalized spacial score (nSPS) is 10.4. The van der Waals surface area contributed by atoms with Crippen LogP contribution in [0.5, 0.6) is 0 Å². The molecule has 0 saturated heterocycles. The van der Waals surface area contributed by atoms with Gasteiger partial charge in [-0.3, -0.25) is 4.55 Å². The first kappa shape index (κ1) is 12.5. The zero-order valence-corrected chi connectivity index (χ0v) is 5.31. The van der Waals surface area contributed by atoms with Gasteiger partial charge in [0.1, 0.15) is 0 Å². The molecule has 1 N–H and O–H groups in total. The second-order valence-corrected chi connectivity index (χ2v) is 2.85. The first-order valence-electron chi connectivity index (χ1n) is 2.00. The van der Waals surface area contributed by atoms with E-state index in [1.807, 2.05) is 0 Å². The molecule has 0 bridgehead atoms. The molecule has 0 rings (SSSR count). The van der Waals surface area contributed by atoms with E-state index in [1.54, 1.807) is 0 Å². The molecule has 0 unspecified atom stereocenters. The summed E-state index contributed by atoms with van der Waals surface area (Å²) in [5, 5.41) is 0. The summed E-state index contributed by atoms with van der Waals surface area (Å²) in [5.74, 6) is -0.330. The molecule has 0 fully saturated rings. The summed E-state index contributed by atoms with van der Waals surface area (Å²) in [6.45, 7) is 0.0405. The molecular formula is C3H9NaO4S. The summed E-state index contributed by atoms with van der Waals surface area (Å²) in [6, 6.07) is 0. The van der Waals surface area contributed by atoms with Crippen molar-refractivity contribution in [1.82, 2.24) is 0 Å². The summed E-state index contributed by atoms with van der Waals surface area (Å²) in [6.07, 6.45) is 0. The molecule has 0 aromatic heterocycles. The van der Waals surface area contributed by atoms with Gasteiger partial charge >= 0.3 is 29.6 Å². The van der Waals surface area contributed by atoms with Gasteiger partial charge in [-0.05, 0) is 0 Å². The van der Waals surface area contributed by atoms with E-state index in [-0.39, 0.29) is 41.9 Å². The van der Waals surface area contributed by atoms with Gasteiger partial charge < -0.3 is 4.74 Å². The fraction of sp³-hybridized carbons (Fsp3) is 1.00.